The van der Waals surface area contributed by atoms with Crippen molar-refractivity contribution in [3.63, 3.8) is 0 Å². The second-order valence-corrected chi connectivity index (χ2v) is 6.77. The molecule has 20 heavy (non-hydrogen) atoms. The van der Waals surface area contributed by atoms with Crippen LogP contribution in [0.25, 0.3) is 0 Å². The summed E-state index contributed by atoms with van der Waals surface area (Å²) in [6.07, 6.45) is 4.54. The van der Waals surface area contributed by atoms with E-state index < -0.39 is 0 Å². The molecule has 0 radical (unpaired) electrons. The number of nitrogens with two attached hydrogens (primary N) is 1. The number of nitrogens with one attached hydrogen (secondary N) is 2. The lowest BCUT2D eigenvalue weighted by Crippen LogP contribution is -2.20. The number of hydrogen-bond acceptors (Lipinski definition) is 6. The third-order valence-electron chi connectivity index (χ3n) is 3.77. The molecular formula is C14H25N5S. The van der Waals surface area contributed by atoms with Gasteiger partial charge in [0.15, 0.2) is 0 Å². The van der Waals surface area contributed by atoms with Crippen LogP contribution in [0.5, 0.6) is 0 Å². The average molecular weight is 295 g/mol. The van der Waals surface area contributed by atoms with Gasteiger partial charge in [0.1, 0.15) is 17.5 Å². The van der Waals surface area contributed by atoms with E-state index in [1.807, 2.05) is 6.92 Å². The van der Waals surface area contributed by atoms with E-state index >= 15 is 0 Å². The number of nitrogen functional groups attached to an aromatic ring is 1. The van der Waals surface area contributed by atoms with Crippen LogP contribution in [0.4, 0.5) is 11.6 Å². The number of thioether (sulfide) groups is 1. The fourth-order valence-corrected chi connectivity index (χ4v) is 3.80. The topological polar surface area (TPSA) is 75.9 Å². The van der Waals surface area contributed by atoms with Crippen molar-refractivity contribution in [3.8, 4) is 0 Å². The molecule has 2 unspecified atom stereocenters. The van der Waals surface area contributed by atoms with Gasteiger partial charge in [-0.05, 0) is 31.9 Å². The van der Waals surface area contributed by atoms with Crippen molar-refractivity contribution in [1.29, 1.82) is 0 Å². The third kappa shape index (κ3) is 3.55. The molecule has 1 aliphatic carbocycles. The molecule has 6 heteroatoms. The summed E-state index contributed by atoms with van der Waals surface area (Å²) in [6, 6.07) is 0.517. The SMILES string of the molecule is CCSC1CCC(Nc2nc(CC)nc(NN)c2C)C1. The van der Waals surface area contributed by atoms with Gasteiger partial charge >= 0.3 is 0 Å². The zero-order valence-corrected chi connectivity index (χ0v) is 13.4. The third-order valence-corrected chi connectivity index (χ3v) is 5.01. The van der Waals surface area contributed by atoms with Gasteiger partial charge in [-0.1, -0.05) is 13.8 Å². The van der Waals surface area contributed by atoms with Crippen molar-refractivity contribution in [2.24, 2.45) is 5.84 Å². The maximum absolute atomic E-state index is 5.54. The van der Waals surface area contributed by atoms with Gasteiger partial charge in [-0.25, -0.2) is 15.8 Å². The number of aromatic nitrogens is 2. The Kier molecular flexibility index (Phi) is 5.48. The second-order valence-electron chi connectivity index (χ2n) is 5.19. The van der Waals surface area contributed by atoms with E-state index in [1.165, 1.54) is 25.0 Å². The summed E-state index contributed by atoms with van der Waals surface area (Å²) in [5.41, 5.74) is 3.67. The molecule has 0 bridgehead atoms. The molecule has 1 aliphatic rings. The Morgan fingerprint density at radius 1 is 1.25 bits per heavy atom. The molecule has 2 rings (SSSR count). The van der Waals surface area contributed by atoms with Gasteiger partial charge in [-0.3, -0.25) is 0 Å². The predicted octanol–water partition coefficient (Wildman–Crippen LogP) is 2.72. The zero-order valence-electron chi connectivity index (χ0n) is 12.6. The molecule has 4 N–H and O–H groups in total. The molecule has 1 aromatic heterocycles. The van der Waals surface area contributed by atoms with Crippen LogP contribution in [0.3, 0.4) is 0 Å². The molecule has 2 atom stereocenters. The second kappa shape index (κ2) is 7.13. The quantitative estimate of drug-likeness (QED) is 0.553. The Labute approximate surface area is 125 Å². The van der Waals surface area contributed by atoms with Crippen molar-refractivity contribution < 1.29 is 0 Å². The standard InChI is InChI=1S/C14H25N5S/c1-4-12-17-13(9(3)14(18-12)19-15)16-10-6-7-11(8-10)20-5-2/h10-11H,4-8,15H2,1-3H3,(H2,16,17,18,19). The predicted molar refractivity (Wildman–Crippen MR) is 87.1 cm³/mol. The first-order chi connectivity index (χ1) is 9.67. The van der Waals surface area contributed by atoms with E-state index in [-0.39, 0.29) is 0 Å². The molecule has 1 fully saturated rings. The zero-order chi connectivity index (χ0) is 14.5. The smallest absolute Gasteiger partial charge is 0.148 e. The molecule has 112 valence electrons. The van der Waals surface area contributed by atoms with E-state index in [2.05, 4.69) is 46.3 Å². The van der Waals surface area contributed by atoms with Crippen molar-refractivity contribution in [3.05, 3.63) is 11.4 Å². The highest BCUT2D eigenvalue weighted by atomic mass is 32.2. The van der Waals surface area contributed by atoms with Crippen molar-refractivity contribution in [2.75, 3.05) is 16.5 Å². The Bertz CT molecular complexity index is 451. The highest BCUT2D eigenvalue weighted by Gasteiger charge is 2.25. The van der Waals surface area contributed by atoms with Crippen LogP contribution in [-0.2, 0) is 6.42 Å². The van der Waals surface area contributed by atoms with Gasteiger partial charge in [0.05, 0.1) is 0 Å². The van der Waals surface area contributed by atoms with Crippen LogP contribution in [0.15, 0.2) is 0 Å². The molecule has 0 amide bonds. The minimum Gasteiger partial charge on any atom is -0.367 e. The van der Waals surface area contributed by atoms with E-state index in [4.69, 9.17) is 5.84 Å². The van der Waals surface area contributed by atoms with Crippen LogP contribution in [0.1, 0.15) is 44.5 Å². The maximum atomic E-state index is 5.54. The van der Waals surface area contributed by atoms with Crippen LogP contribution < -0.4 is 16.6 Å². The minimum atomic E-state index is 0.517. The molecule has 1 saturated carbocycles. The summed E-state index contributed by atoms with van der Waals surface area (Å²) in [5.74, 6) is 9.21. The molecular weight excluding hydrogens is 270 g/mol. The van der Waals surface area contributed by atoms with Crippen LogP contribution in [-0.4, -0.2) is 27.0 Å². The molecule has 0 aromatic carbocycles. The number of nitrogens with zero attached hydrogens (tertiary/aromatic N) is 2. The normalized spacial score (nSPS) is 22.0. The summed E-state index contributed by atoms with van der Waals surface area (Å²) in [5, 5.41) is 4.38. The number of hydrazine groups is 1. The Morgan fingerprint density at radius 2 is 2.00 bits per heavy atom. The molecule has 0 spiro atoms. The van der Waals surface area contributed by atoms with E-state index in [0.717, 1.165) is 34.7 Å². The first-order valence-corrected chi connectivity index (χ1v) is 8.45. The van der Waals surface area contributed by atoms with Gasteiger partial charge in [0, 0.05) is 23.3 Å². The van der Waals surface area contributed by atoms with Crippen LogP contribution >= 0.6 is 11.8 Å². The number of anilines is 2. The lowest BCUT2D eigenvalue weighted by molar-refractivity contribution is 0.746. The fourth-order valence-electron chi connectivity index (χ4n) is 2.65. The first-order valence-electron chi connectivity index (χ1n) is 7.40. The number of aryl methyl sites for hydroxylation is 1. The van der Waals surface area contributed by atoms with Gasteiger partial charge in [-0.15, -0.1) is 0 Å². The Balaban J connectivity index is 2.09. The first kappa shape index (κ1) is 15.4. The number of hydrogen-bond donors (Lipinski definition) is 3. The monoisotopic (exact) mass is 295 g/mol. The van der Waals surface area contributed by atoms with Crippen molar-refractivity contribution in [2.45, 2.75) is 57.7 Å². The van der Waals surface area contributed by atoms with Crippen LogP contribution in [0, 0.1) is 6.92 Å². The van der Waals surface area contributed by atoms with E-state index in [1.54, 1.807) is 0 Å². The Morgan fingerprint density at radius 3 is 2.65 bits per heavy atom. The maximum Gasteiger partial charge on any atom is 0.148 e. The average Bonchev–Trinajstić information content (AvgIpc) is 2.89. The summed E-state index contributed by atoms with van der Waals surface area (Å²) in [4.78, 5) is 9.01. The fraction of sp³-hybridized carbons (Fsp3) is 0.714. The van der Waals surface area contributed by atoms with E-state index in [0.29, 0.717) is 6.04 Å². The summed E-state index contributed by atoms with van der Waals surface area (Å²) >= 11 is 2.07. The summed E-state index contributed by atoms with van der Waals surface area (Å²) in [6.45, 7) is 6.29. The Hall–Kier alpha value is -1.01. The van der Waals surface area contributed by atoms with Gasteiger partial charge in [0.25, 0.3) is 0 Å². The highest BCUT2D eigenvalue weighted by molar-refractivity contribution is 7.99. The lowest BCUT2D eigenvalue weighted by atomic mass is 10.2. The summed E-state index contributed by atoms with van der Waals surface area (Å²) < 4.78 is 0. The lowest BCUT2D eigenvalue weighted by Gasteiger charge is -2.17. The van der Waals surface area contributed by atoms with Crippen molar-refractivity contribution in [1.82, 2.24) is 9.97 Å². The van der Waals surface area contributed by atoms with Crippen molar-refractivity contribution >= 4 is 23.4 Å². The minimum absolute atomic E-state index is 0.517. The van der Waals surface area contributed by atoms with Gasteiger partial charge < -0.3 is 10.7 Å². The van der Waals surface area contributed by atoms with Gasteiger partial charge in [-0.2, -0.15) is 11.8 Å². The molecule has 1 aromatic rings. The number of rotatable bonds is 6. The van der Waals surface area contributed by atoms with E-state index in [9.17, 15) is 0 Å². The molecule has 0 saturated heterocycles. The summed E-state index contributed by atoms with van der Waals surface area (Å²) in [7, 11) is 0. The van der Waals surface area contributed by atoms with Gasteiger partial charge in [0.2, 0.25) is 0 Å². The van der Waals surface area contributed by atoms with Crippen LogP contribution in [0.2, 0.25) is 0 Å². The molecule has 5 nitrogen and oxygen atoms in total. The highest BCUT2D eigenvalue weighted by Crippen LogP contribution is 2.32. The largest absolute Gasteiger partial charge is 0.367 e. The molecule has 1 heterocycles. The molecule has 0 aliphatic heterocycles.